The zero-order valence-electron chi connectivity index (χ0n) is 14.8. The molecule has 0 saturated carbocycles. The SMILES string of the molecule is COc1ccccc1OCCC(=O)N1CCNCC1c1cccc(F)c1. The van der Waals surface area contributed by atoms with Crippen LogP contribution in [0.4, 0.5) is 4.39 Å². The fourth-order valence-electron chi connectivity index (χ4n) is 3.14. The number of amides is 1. The van der Waals surface area contributed by atoms with Crippen molar-refractivity contribution in [2.24, 2.45) is 0 Å². The molecule has 1 unspecified atom stereocenters. The quantitative estimate of drug-likeness (QED) is 0.863. The number of nitrogens with zero attached hydrogens (tertiary/aromatic N) is 1. The van der Waals surface area contributed by atoms with E-state index in [1.807, 2.05) is 30.3 Å². The number of nitrogens with one attached hydrogen (secondary N) is 1. The molecule has 1 aliphatic heterocycles. The first-order chi connectivity index (χ1) is 12.7. The van der Waals surface area contributed by atoms with Crippen LogP contribution in [-0.2, 0) is 4.79 Å². The molecule has 5 nitrogen and oxygen atoms in total. The summed E-state index contributed by atoms with van der Waals surface area (Å²) in [6, 6.07) is 13.6. The van der Waals surface area contributed by atoms with Crippen molar-refractivity contribution in [1.82, 2.24) is 10.2 Å². The molecule has 2 aromatic carbocycles. The van der Waals surface area contributed by atoms with Crippen molar-refractivity contribution in [3.05, 3.63) is 59.9 Å². The molecule has 0 radical (unpaired) electrons. The number of carbonyl (C=O) groups is 1. The summed E-state index contributed by atoms with van der Waals surface area (Å²) < 4.78 is 24.5. The summed E-state index contributed by atoms with van der Waals surface area (Å²) in [5.41, 5.74) is 0.802. The highest BCUT2D eigenvalue weighted by Gasteiger charge is 2.27. The lowest BCUT2D eigenvalue weighted by atomic mass is 10.0. The first-order valence-electron chi connectivity index (χ1n) is 8.70. The summed E-state index contributed by atoms with van der Waals surface area (Å²) >= 11 is 0. The van der Waals surface area contributed by atoms with Gasteiger partial charge in [0.15, 0.2) is 11.5 Å². The zero-order valence-corrected chi connectivity index (χ0v) is 14.8. The highest BCUT2D eigenvalue weighted by molar-refractivity contribution is 5.77. The number of methoxy groups -OCH3 is 1. The van der Waals surface area contributed by atoms with Gasteiger partial charge in [0.2, 0.25) is 5.91 Å². The van der Waals surface area contributed by atoms with E-state index in [0.717, 1.165) is 12.1 Å². The standard InChI is InChI=1S/C20H23FN2O3/c1-25-18-7-2-3-8-19(18)26-12-9-20(24)23-11-10-22-14-17(23)15-5-4-6-16(21)13-15/h2-8,13,17,22H,9-12,14H2,1H3. The highest BCUT2D eigenvalue weighted by atomic mass is 19.1. The van der Waals surface area contributed by atoms with Crippen molar-refractivity contribution in [1.29, 1.82) is 0 Å². The van der Waals surface area contributed by atoms with Crippen LogP contribution in [0.1, 0.15) is 18.0 Å². The van der Waals surface area contributed by atoms with Crippen LogP contribution in [0.15, 0.2) is 48.5 Å². The van der Waals surface area contributed by atoms with Gasteiger partial charge in [-0.1, -0.05) is 24.3 Å². The molecule has 26 heavy (non-hydrogen) atoms. The van der Waals surface area contributed by atoms with Crippen molar-refractivity contribution in [2.45, 2.75) is 12.5 Å². The van der Waals surface area contributed by atoms with E-state index >= 15 is 0 Å². The van der Waals surface area contributed by atoms with Gasteiger partial charge in [0, 0.05) is 19.6 Å². The Morgan fingerprint density at radius 2 is 2.04 bits per heavy atom. The summed E-state index contributed by atoms with van der Waals surface area (Å²) in [6.45, 7) is 2.20. The number of ether oxygens (including phenoxy) is 2. The van der Waals surface area contributed by atoms with E-state index in [1.165, 1.54) is 12.1 Å². The number of halogens is 1. The molecule has 1 fully saturated rings. The van der Waals surface area contributed by atoms with Crippen LogP contribution in [0.25, 0.3) is 0 Å². The van der Waals surface area contributed by atoms with Gasteiger partial charge < -0.3 is 19.7 Å². The number of benzene rings is 2. The fourth-order valence-corrected chi connectivity index (χ4v) is 3.14. The van der Waals surface area contributed by atoms with Gasteiger partial charge in [0.1, 0.15) is 5.82 Å². The number of carbonyl (C=O) groups excluding carboxylic acids is 1. The molecule has 0 aromatic heterocycles. The third-order valence-electron chi connectivity index (χ3n) is 4.44. The second-order valence-electron chi connectivity index (χ2n) is 6.11. The molecule has 3 rings (SSSR count). The molecule has 6 heteroatoms. The smallest absolute Gasteiger partial charge is 0.226 e. The average Bonchev–Trinajstić information content (AvgIpc) is 2.68. The monoisotopic (exact) mass is 358 g/mol. The van der Waals surface area contributed by atoms with Gasteiger partial charge in [0.25, 0.3) is 0 Å². The lowest BCUT2D eigenvalue weighted by Gasteiger charge is -2.36. The summed E-state index contributed by atoms with van der Waals surface area (Å²) in [7, 11) is 1.58. The van der Waals surface area contributed by atoms with Gasteiger partial charge in [-0.2, -0.15) is 0 Å². The maximum atomic E-state index is 13.6. The minimum absolute atomic E-state index is 0.00402. The number of hydrogen-bond donors (Lipinski definition) is 1. The van der Waals surface area contributed by atoms with Crippen molar-refractivity contribution in [3.63, 3.8) is 0 Å². The number of hydrogen-bond acceptors (Lipinski definition) is 4. The minimum Gasteiger partial charge on any atom is -0.493 e. The van der Waals surface area contributed by atoms with Gasteiger partial charge in [-0.15, -0.1) is 0 Å². The molecule has 1 N–H and O–H groups in total. The molecule has 1 aliphatic rings. The van der Waals surface area contributed by atoms with Crippen LogP contribution in [0.2, 0.25) is 0 Å². The van der Waals surface area contributed by atoms with Crippen LogP contribution in [0.3, 0.4) is 0 Å². The van der Waals surface area contributed by atoms with Gasteiger partial charge >= 0.3 is 0 Å². The van der Waals surface area contributed by atoms with E-state index in [1.54, 1.807) is 18.1 Å². The van der Waals surface area contributed by atoms with Crippen molar-refractivity contribution in [2.75, 3.05) is 33.4 Å². The number of para-hydroxylation sites is 2. The van der Waals surface area contributed by atoms with E-state index in [0.29, 0.717) is 24.6 Å². The number of piperazine rings is 1. The molecule has 0 aliphatic carbocycles. The molecule has 1 heterocycles. The average molecular weight is 358 g/mol. The normalized spacial score (nSPS) is 17.0. The highest BCUT2D eigenvalue weighted by Crippen LogP contribution is 2.27. The molecule has 1 saturated heterocycles. The Balaban J connectivity index is 1.62. The Labute approximate surface area is 152 Å². The topological polar surface area (TPSA) is 50.8 Å². The van der Waals surface area contributed by atoms with E-state index in [9.17, 15) is 9.18 Å². The lowest BCUT2D eigenvalue weighted by molar-refractivity contribution is -0.135. The van der Waals surface area contributed by atoms with Gasteiger partial charge in [-0.25, -0.2) is 4.39 Å². The molecule has 2 aromatic rings. The predicted molar refractivity (Wildman–Crippen MR) is 96.8 cm³/mol. The van der Waals surface area contributed by atoms with E-state index in [2.05, 4.69) is 5.32 Å². The van der Waals surface area contributed by atoms with Crippen LogP contribution < -0.4 is 14.8 Å². The second-order valence-corrected chi connectivity index (χ2v) is 6.11. The molecule has 1 amide bonds. The first-order valence-corrected chi connectivity index (χ1v) is 8.70. The predicted octanol–water partition coefficient (Wildman–Crippen LogP) is 2.78. The summed E-state index contributed by atoms with van der Waals surface area (Å²) in [6.07, 6.45) is 0.254. The molecular formula is C20H23FN2O3. The number of rotatable bonds is 6. The lowest BCUT2D eigenvalue weighted by Crippen LogP contribution is -2.49. The second kappa shape index (κ2) is 8.67. The van der Waals surface area contributed by atoms with E-state index in [-0.39, 0.29) is 30.8 Å². The first kappa shape index (κ1) is 18.2. The summed E-state index contributed by atoms with van der Waals surface area (Å²) in [5.74, 6) is 0.959. The summed E-state index contributed by atoms with van der Waals surface area (Å²) in [5, 5.41) is 3.27. The minimum atomic E-state index is -0.292. The Morgan fingerprint density at radius 3 is 2.81 bits per heavy atom. The molecule has 1 atom stereocenters. The van der Waals surface area contributed by atoms with Crippen molar-refractivity contribution in [3.8, 4) is 11.5 Å². The van der Waals surface area contributed by atoms with Gasteiger partial charge in [0.05, 0.1) is 26.2 Å². The Morgan fingerprint density at radius 1 is 1.23 bits per heavy atom. The van der Waals surface area contributed by atoms with Gasteiger partial charge in [-0.3, -0.25) is 4.79 Å². The fraction of sp³-hybridized carbons (Fsp3) is 0.350. The Hall–Kier alpha value is -2.60. The maximum Gasteiger partial charge on any atom is 0.226 e. The molecule has 0 spiro atoms. The Kier molecular flexibility index (Phi) is 6.07. The van der Waals surface area contributed by atoms with Crippen molar-refractivity contribution >= 4 is 5.91 Å². The van der Waals surface area contributed by atoms with E-state index < -0.39 is 0 Å². The van der Waals surface area contributed by atoms with Crippen molar-refractivity contribution < 1.29 is 18.7 Å². The van der Waals surface area contributed by atoms with E-state index in [4.69, 9.17) is 9.47 Å². The molecule has 0 bridgehead atoms. The zero-order chi connectivity index (χ0) is 18.4. The molecule has 138 valence electrons. The molecular weight excluding hydrogens is 335 g/mol. The van der Waals surface area contributed by atoms with Crippen LogP contribution in [0.5, 0.6) is 11.5 Å². The Bertz CT molecular complexity index is 753. The third-order valence-corrected chi connectivity index (χ3v) is 4.44. The maximum absolute atomic E-state index is 13.6. The van der Waals surface area contributed by atoms with Gasteiger partial charge in [-0.05, 0) is 29.8 Å². The van der Waals surface area contributed by atoms with Crippen LogP contribution in [-0.4, -0.2) is 44.2 Å². The third kappa shape index (κ3) is 4.32. The summed E-state index contributed by atoms with van der Waals surface area (Å²) in [4.78, 5) is 14.5. The van der Waals surface area contributed by atoms with Crippen LogP contribution >= 0.6 is 0 Å². The van der Waals surface area contributed by atoms with Crippen LogP contribution in [0, 0.1) is 5.82 Å². The largest absolute Gasteiger partial charge is 0.493 e.